The summed E-state index contributed by atoms with van der Waals surface area (Å²) in [6.07, 6.45) is 0.426. The van der Waals surface area contributed by atoms with Crippen molar-refractivity contribution in [3.8, 4) is 11.3 Å². The van der Waals surface area contributed by atoms with Gasteiger partial charge in [-0.25, -0.2) is 0 Å². The Morgan fingerprint density at radius 2 is 2.32 bits per heavy atom. The van der Waals surface area contributed by atoms with E-state index >= 15 is 0 Å². The number of rotatable bonds is 5. The van der Waals surface area contributed by atoms with Crippen molar-refractivity contribution in [3.05, 3.63) is 52.2 Å². The van der Waals surface area contributed by atoms with Gasteiger partial charge in [0.1, 0.15) is 28.9 Å². The Labute approximate surface area is 130 Å². The molecule has 0 saturated carbocycles. The van der Waals surface area contributed by atoms with E-state index in [4.69, 9.17) is 8.94 Å². The summed E-state index contributed by atoms with van der Waals surface area (Å²) in [7, 11) is 0. The number of carbonyl (C=O) groups is 1. The first kappa shape index (κ1) is 14.6. The van der Waals surface area contributed by atoms with Crippen LogP contribution in [0.1, 0.15) is 28.0 Å². The lowest BCUT2D eigenvalue weighted by Gasteiger charge is -2.09. The first-order valence-electron chi connectivity index (χ1n) is 6.65. The lowest BCUT2D eigenvalue weighted by molar-refractivity contribution is 0.0900. The van der Waals surface area contributed by atoms with Crippen molar-refractivity contribution >= 4 is 17.2 Å². The molecule has 1 amide bonds. The van der Waals surface area contributed by atoms with Crippen LogP contribution in [0.15, 0.2) is 44.1 Å². The minimum absolute atomic E-state index is 0.0417. The average molecular weight is 318 g/mol. The zero-order chi connectivity index (χ0) is 15.5. The van der Waals surface area contributed by atoms with Crippen LogP contribution in [0.2, 0.25) is 0 Å². The van der Waals surface area contributed by atoms with E-state index < -0.39 is 6.10 Å². The van der Waals surface area contributed by atoms with Gasteiger partial charge in [-0.05, 0) is 30.5 Å². The van der Waals surface area contributed by atoms with Crippen molar-refractivity contribution in [1.82, 2.24) is 10.5 Å². The monoisotopic (exact) mass is 318 g/mol. The maximum atomic E-state index is 11.9. The molecular weight excluding hydrogens is 304 g/mol. The summed E-state index contributed by atoms with van der Waals surface area (Å²) >= 11 is 1.57. The number of amides is 1. The van der Waals surface area contributed by atoms with Crippen LogP contribution >= 0.6 is 11.3 Å². The van der Waals surface area contributed by atoms with Crippen molar-refractivity contribution in [2.45, 2.75) is 13.0 Å². The SMILES string of the molecule is Cc1oncc1C(=O)NC[C@@H](O)c1ccc(-c2ccsc2)o1. The summed E-state index contributed by atoms with van der Waals surface area (Å²) in [6, 6.07) is 5.44. The van der Waals surface area contributed by atoms with Gasteiger partial charge in [-0.15, -0.1) is 0 Å². The minimum Gasteiger partial charge on any atom is -0.458 e. The van der Waals surface area contributed by atoms with E-state index in [9.17, 15) is 9.90 Å². The normalized spacial score (nSPS) is 12.3. The molecule has 0 aliphatic heterocycles. The Hall–Kier alpha value is -2.38. The van der Waals surface area contributed by atoms with E-state index in [1.54, 1.807) is 30.4 Å². The van der Waals surface area contributed by atoms with Crippen LogP contribution < -0.4 is 5.32 Å². The van der Waals surface area contributed by atoms with Crippen LogP contribution in [0.4, 0.5) is 0 Å². The van der Waals surface area contributed by atoms with Gasteiger partial charge in [0.05, 0.1) is 12.7 Å². The number of nitrogens with one attached hydrogen (secondary N) is 1. The number of thiophene rings is 1. The summed E-state index contributed by atoms with van der Waals surface area (Å²) in [6.45, 7) is 1.69. The summed E-state index contributed by atoms with van der Waals surface area (Å²) in [5, 5.41) is 20.2. The molecule has 1 atom stereocenters. The number of carbonyl (C=O) groups excluding carboxylic acids is 1. The molecule has 3 aromatic heterocycles. The largest absolute Gasteiger partial charge is 0.458 e. The van der Waals surface area contributed by atoms with E-state index in [2.05, 4.69) is 10.5 Å². The lowest BCUT2D eigenvalue weighted by atomic mass is 10.2. The van der Waals surface area contributed by atoms with Gasteiger partial charge in [0.15, 0.2) is 0 Å². The number of hydrogen-bond acceptors (Lipinski definition) is 6. The third-order valence-electron chi connectivity index (χ3n) is 3.21. The number of aromatic nitrogens is 1. The Balaban J connectivity index is 1.62. The molecule has 3 aromatic rings. The van der Waals surface area contributed by atoms with E-state index in [0.29, 0.717) is 22.8 Å². The second kappa shape index (κ2) is 6.17. The lowest BCUT2D eigenvalue weighted by Crippen LogP contribution is -2.28. The van der Waals surface area contributed by atoms with E-state index in [0.717, 1.165) is 5.56 Å². The maximum absolute atomic E-state index is 11.9. The van der Waals surface area contributed by atoms with Gasteiger partial charge < -0.3 is 19.4 Å². The van der Waals surface area contributed by atoms with Crippen molar-refractivity contribution in [3.63, 3.8) is 0 Å². The molecule has 2 N–H and O–H groups in total. The molecule has 0 bridgehead atoms. The first-order valence-corrected chi connectivity index (χ1v) is 7.59. The minimum atomic E-state index is -0.920. The smallest absolute Gasteiger partial charge is 0.256 e. The fraction of sp³-hybridized carbons (Fsp3) is 0.200. The molecule has 0 aromatic carbocycles. The zero-order valence-electron chi connectivity index (χ0n) is 11.8. The molecule has 6 nitrogen and oxygen atoms in total. The fourth-order valence-corrected chi connectivity index (χ4v) is 2.64. The van der Waals surface area contributed by atoms with E-state index in [1.807, 2.05) is 16.8 Å². The molecule has 0 fully saturated rings. The van der Waals surface area contributed by atoms with Crippen molar-refractivity contribution in [2.75, 3.05) is 6.54 Å². The molecule has 0 aliphatic carbocycles. The second-order valence-electron chi connectivity index (χ2n) is 4.74. The second-order valence-corrected chi connectivity index (χ2v) is 5.52. The van der Waals surface area contributed by atoms with Gasteiger partial charge in [-0.3, -0.25) is 4.79 Å². The van der Waals surface area contributed by atoms with Crippen LogP contribution in [0.3, 0.4) is 0 Å². The quantitative estimate of drug-likeness (QED) is 0.755. The summed E-state index contributed by atoms with van der Waals surface area (Å²) in [5.74, 6) is 1.19. The molecule has 7 heteroatoms. The standard InChI is InChI=1S/C15H14N2O4S/c1-9-11(6-17-21-9)15(19)16-7-12(18)14-3-2-13(20-14)10-4-5-22-8-10/h2-6,8,12,18H,7H2,1H3,(H,16,19)/t12-/m1/s1. The van der Waals surface area contributed by atoms with Gasteiger partial charge in [0, 0.05) is 10.9 Å². The fourth-order valence-electron chi connectivity index (χ4n) is 1.99. The number of nitrogens with zero attached hydrogens (tertiary/aromatic N) is 1. The summed E-state index contributed by atoms with van der Waals surface area (Å²) in [4.78, 5) is 11.9. The maximum Gasteiger partial charge on any atom is 0.256 e. The molecule has 0 aliphatic rings. The first-order chi connectivity index (χ1) is 10.6. The van der Waals surface area contributed by atoms with Crippen molar-refractivity contribution in [1.29, 1.82) is 0 Å². The van der Waals surface area contributed by atoms with Crippen molar-refractivity contribution in [2.24, 2.45) is 0 Å². The molecule has 0 radical (unpaired) electrons. The number of aryl methyl sites for hydroxylation is 1. The number of hydrogen-bond donors (Lipinski definition) is 2. The zero-order valence-corrected chi connectivity index (χ0v) is 12.6. The van der Waals surface area contributed by atoms with Gasteiger partial charge in [-0.2, -0.15) is 11.3 Å². The molecule has 114 valence electrons. The Morgan fingerprint density at radius 3 is 3.00 bits per heavy atom. The van der Waals surface area contributed by atoms with Crippen LogP contribution in [-0.4, -0.2) is 22.7 Å². The highest BCUT2D eigenvalue weighted by molar-refractivity contribution is 7.08. The molecule has 0 saturated heterocycles. The van der Waals surface area contributed by atoms with Gasteiger partial charge in [0.25, 0.3) is 5.91 Å². The van der Waals surface area contributed by atoms with Gasteiger partial charge >= 0.3 is 0 Å². The van der Waals surface area contributed by atoms with E-state index in [1.165, 1.54) is 6.20 Å². The summed E-state index contributed by atoms with van der Waals surface area (Å²) in [5.41, 5.74) is 1.32. The Kier molecular flexibility index (Phi) is 4.08. The highest BCUT2D eigenvalue weighted by atomic mass is 32.1. The molecule has 22 heavy (non-hydrogen) atoms. The third-order valence-corrected chi connectivity index (χ3v) is 3.90. The Morgan fingerprint density at radius 1 is 1.45 bits per heavy atom. The van der Waals surface area contributed by atoms with Crippen LogP contribution in [0, 0.1) is 6.92 Å². The van der Waals surface area contributed by atoms with Crippen LogP contribution in [0.5, 0.6) is 0 Å². The highest BCUT2D eigenvalue weighted by Gasteiger charge is 2.17. The molecular formula is C15H14N2O4S. The molecule has 3 heterocycles. The van der Waals surface area contributed by atoms with Crippen LogP contribution in [0.25, 0.3) is 11.3 Å². The average Bonchev–Trinajstić information content (AvgIpc) is 3.23. The van der Waals surface area contributed by atoms with E-state index in [-0.39, 0.29) is 12.5 Å². The predicted molar refractivity (Wildman–Crippen MR) is 80.6 cm³/mol. The highest BCUT2D eigenvalue weighted by Crippen LogP contribution is 2.26. The molecule has 0 spiro atoms. The number of furan rings is 1. The van der Waals surface area contributed by atoms with Gasteiger partial charge in [0.2, 0.25) is 0 Å². The van der Waals surface area contributed by atoms with Crippen LogP contribution in [-0.2, 0) is 0 Å². The molecule has 3 rings (SSSR count). The summed E-state index contributed by atoms with van der Waals surface area (Å²) < 4.78 is 10.4. The number of aliphatic hydroxyl groups excluding tert-OH is 1. The predicted octanol–water partition coefficient (Wildman–Crippen LogP) is 2.77. The van der Waals surface area contributed by atoms with Gasteiger partial charge in [-0.1, -0.05) is 5.16 Å². The number of aliphatic hydroxyl groups is 1. The van der Waals surface area contributed by atoms with Crippen molar-refractivity contribution < 1.29 is 18.8 Å². The Bertz CT molecular complexity index is 760. The molecule has 0 unspecified atom stereocenters. The topological polar surface area (TPSA) is 88.5 Å². The third kappa shape index (κ3) is 2.95.